The van der Waals surface area contributed by atoms with Crippen LogP contribution in [0.4, 0.5) is 0 Å². The van der Waals surface area contributed by atoms with Crippen LogP contribution in [0.15, 0.2) is 30.3 Å². The molecule has 2 fully saturated rings. The molecule has 8 heteroatoms. The molecule has 158 valence electrons. The number of hydrogen-bond donors (Lipinski definition) is 0. The Hall–Kier alpha value is -0.586. The van der Waals surface area contributed by atoms with Crippen LogP contribution >= 0.6 is 0 Å². The summed E-state index contributed by atoms with van der Waals surface area (Å²) in [7, 11) is -2.10. The highest BCUT2D eigenvalue weighted by Gasteiger charge is 2.53. The number of fused-ring (bicyclic) bond motifs is 1. The van der Waals surface area contributed by atoms with Crippen LogP contribution in [-0.2, 0) is 27.8 Å². The lowest BCUT2D eigenvalue weighted by Crippen LogP contribution is -2.66. The Labute approximate surface area is 170 Å². The summed E-state index contributed by atoms with van der Waals surface area (Å²) in [5, 5.41) is 0. The monoisotopic (exact) mass is 426 g/mol. The van der Waals surface area contributed by atoms with Crippen molar-refractivity contribution in [2.45, 2.75) is 76.3 Å². The molecular formula is C20H34O6Si2. The molecule has 2 heterocycles. The van der Waals surface area contributed by atoms with Crippen LogP contribution in [0.25, 0.3) is 0 Å². The van der Waals surface area contributed by atoms with Crippen molar-refractivity contribution >= 4 is 16.6 Å². The van der Waals surface area contributed by atoms with E-state index in [1.807, 2.05) is 30.3 Å². The molecule has 0 spiro atoms. The van der Waals surface area contributed by atoms with Crippen molar-refractivity contribution in [1.29, 1.82) is 0 Å². The summed E-state index contributed by atoms with van der Waals surface area (Å²) in [6, 6.07) is 9.98. The van der Waals surface area contributed by atoms with Crippen molar-refractivity contribution in [1.82, 2.24) is 0 Å². The maximum Gasteiger partial charge on any atom is 0.185 e. The van der Waals surface area contributed by atoms with Gasteiger partial charge in [-0.05, 0) is 39.3 Å². The molecule has 0 aliphatic carbocycles. The van der Waals surface area contributed by atoms with Crippen molar-refractivity contribution in [2.75, 3.05) is 13.7 Å². The highest BCUT2D eigenvalue weighted by atomic mass is 28.4. The Morgan fingerprint density at radius 1 is 0.857 bits per heavy atom. The van der Waals surface area contributed by atoms with E-state index in [9.17, 15) is 0 Å². The predicted molar refractivity (Wildman–Crippen MR) is 112 cm³/mol. The van der Waals surface area contributed by atoms with Gasteiger partial charge in [0.1, 0.15) is 24.4 Å². The molecule has 0 aromatic heterocycles. The lowest BCUT2D eigenvalue weighted by atomic mass is 9.98. The molecular weight excluding hydrogens is 392 g/mol. The molecule has 28 heavy (non-hydrogen) atoms. The number of hydrogen-bond acceptors (Lipinski definition) is 6. The molecule has 0 saturated carbocycles. The summed E-state index contributed by atoms with van der Waals surface area (Å²) >= 11 is 0. The van der Waals surface area contributed by atoms with Crippen LogP contribution in [0, 0.1) is 0 Å². The normalized spacial score (nSPS) is 34.1. The van der Waals surface area contributed by atoms with Gasteiger partial charge in [-0.3, -0.25) is 0 Å². The minimum absolute atomic E-state index is 0.257. The molecule has 0 amide bonds. The van der Waals surface area contributed by atoms with E-state index in [1.165, 1.54) is 0 Å². The average Bonchev–Trinajstić information content (AvgIpc) is 2.61. The lowest BCUT2D eigenvalue weighted by Gasteiger charge is -2.51. The van der Waals surface area contributed by atoms with Gasteiger partial charge in [0.15, 0.2) is 29.2 Å². The van der Waals surface area contributed by atoms with Gasteiger partial charge in [0.2, 0.25) is 0 Å². The number of benzene rings is 1. The van der Waals surface area contributed by atoms with Crippen molar-refractivity contribution in [2.24, 2.45) is 0 Å². The fourth-order valence-electron chi connectivity index (χ4n) is 3.59. The van der Waals surface area contributed by atoms with Crippen LogP contribution in [-0.4, -0.2) is 61.1 Å². The number of rotatable bonds is 6. The smallest absolute Gasteiger partial charge is 0.185 e. The number of methoxy groups -OCH3 is 1. The minimum atomic E-state index is -1.88. The fraction of sp³-hybridized carbons (Fsp3) is 0.700. The fourth-order valence-corrected chi connectivity index (χ4v) is 5.74. The summed E-state index contributed by atoms with van der Waals surface area (Å²) < 4.78 is 37.3. The molecule has 1 aromatic carbocycles. The second-order valence-electron chi connectivity index (χ2n) is 9.34. The van der Waals surface area contributed by atoms with Crippen molar-refractivity contribution in [3.63, 3.8) is 0 Å². The van der Waals surface area contributed by atoms with Crippen LogP contribution in [0.3, 0.4) is 0 Å². The zero-order chi connectivity index (χ0) is 20.5. The minimum Gasteiger partial charge on any atom is -0.409 e. The van der Waals surface area contributed by atoms with Crippen molar-refractivity contribution < 1.29 is 27.8 Å². The summed E-state index contributed by atoms with van der Waals surface area (Å²) in [6.07, 6.45) is -2.08. The van der Waals surface area contributed by atoms with Gasteiger partial charge in [0.05, 0.1) is 6.61 Å². The van der Waals surface area contributed by atoms with Crippen LogP contribution < -0.4 is 0 Å². The standard InChI is InChI=1S/C20H34O6Si2/c1-21-20-18(26-28(5,6)7)17(25-27(2,3)4)16-15(23-20)13-22-19(24-16)14-11-9-8-10-12-14/h8-12,15-20H,13H2,1-7H3/t15-,16-,17+,18-,19-,20+/m1/s1. The van der Waals surface area contributed by atoms with E-state index in [0.29, 0.717) is 6.61 Å². The maximum absolute atomic E-state index is 6.62. The quantitative estimate of drug-likeness (QED) is 0.643. The molecule has 0 unspecified atom stereocenters. The van der Waals surface area contributed by atoms with Crippen molar-refractivity contribution in [3.8, 4) is 0 Å². The van der Waals surface area contributed by atoms with E-state index in [1.54, 1.807) is 7.11 Å². The Balaban J connectivity index is 1.89. The molecule has 0 N–H and O–H groups in total. The first-order valence-electron chi connectivity index (χ1n) is 9.93. The third-order valence-corrected chi connectivity index (χ3v) is 6.53. The second kappa shape index (κ2) is 8.65. The molecule has 0 radical (unpaired) electrons. The molecule has 2 saturated heterocycles. The number of ether oxygens (including phenoxy) is 4. The Morgan fingerprint density at radius 2 is 1.46 bits per heavy atom. The lowest BCUT2D eigenvalue weighted by molar-refractivity contribution is -0.353. The summed E-state index contributed by atoms with van der Waals surface area (Å²) in [5.41, 5.74) is 0.990. The third kappa shape index (κ3) is 5.51. The summed E-state index contributed by atoms with van der Waals surface area (Å²) in [4.78, 5) is 0. The van der Waals surface area contributed by atoms with Gasteiger partial charge in [-0.1, -0.05) is 30.3 Å². The SMILES string of the molecule is CO[C@H]1O[C@@H]2CO[C@@H](c3ccccc3)O[C@H]2[C@H](O[Si](C)(C)C)[C@H]1O[Si](C)(C)C. The van der Waals surface area contributed by atoms with E-state index < -0.39 is 29.2 Å². The highest BCUT2D eigenvalue weighted by molar-refractivity contribution is 6.70. The van der Waals surface area contributed by atoms with Gasteiger partial charge in [-0.25, -0.2) is 0 Å². The Bertz CT molecular complexity index is 630. The molecule has 6 nitrogen and oxygen atoms in total. The molecule has 2 aliphatic rings. The Morgan fingerprint density at radius 3 is 2.04 bits per heavy atom. The first-order chi connectivity index (χ1) is 13.1. The van der Waals surface area contributed by atoms with E-state index in [2.05, 4.69) is 39.3 Å². The summed E-state index contributed by atoms with van der Waals surface area (Å²) in [6.45, 7) is 13.4. The average molecular weight is 427 g/mol. The molecule has 3 rings (SSSR count). The zero-order valence-corrected chi connectivity index (χ0v) is 20.0. The van der Waals surface area contributed by atoms with Crippen molar-refractivity contribution in [3.05, 3.63) is 35.9 Å². The van der Waals surface area contributed by atoms with E-state index in [0.717, 1.165) is 5.56 Å². The molecule has 2 aliphatic heterocycles. The highest BCUT2D eigenvalue weighted by Crippen LogP contribution is 2.38. The van der Waals surface area contributed by atoms with Crippen LogP contribution in [0.1, 0.15) is 11.9 Å². The van der Waals surface area contributed by atoms with Crippen LogP contribution in [0.2, 0.25) is 39.3 Å². The maximum atomic E-state index is 6.62. The zero-order valence-electron chi connectivity index (χ0n) is 18.0. The van der Waals surface area contributed by atoms with E-state index >= 15 is 0 Å². The summed E-state index contributed by atoms with van der Waals surface area (Å²) in [5.74, 6) is 0. The predicted octanol–water partition coefficient (Wildman–Crippen LogP) is 3.91. The first-order valence-corrected chi connectivity index (χ1v) is 16.7. The van der Waals surface area contributed by atoms with Gasteiger partial charge in [-0.15, -0.1) is 0 Å². The van der Waals surface area contributed by atoms with Gasteiger partial charge in [0.25, 0.3) is 0 Å². The van der Waals surface area contributed by atoms with Gasteiger partial charge in [-0.2, -0.15) is 0 Å². The largest absolute Gasteiger partial charge is 0.409 e. The second-order valence-corrected chi connectivity index (χ2v) is 18.3. The molecule has 0 bridgehead atoms. The van der Waals surface area contributed by atoms with Gasteiger partial charge < -0.3 is 27.8 Å². The topological polar surface area (TPSA) is 55.4 Å². The van der Waals surface area contributed by atoms with Crippen LogP contribution in [0.5, 0.6) is 0 Å². The van der Waals surface area contributed by atoms with Gasteiger partial charge >= 0.3 is 0 Å². The molecule has 1 aromatic rings. The first kappa shape index (κ1) is 22.1. The van der Waals surface area contributed by atoms with E-state index in [4.69, 9.17) is 27.8 Å². The Kier molecular flexibility index (Phi) is 6.83. The third-order valence-electron chi connectivity index (χ3n) is 4.57. The van der Waals surface area contributed by atoms with Gasteiger partial charge in [0, 0.05) is 12.7 Å². The molecule has 6 atom stereocenters. The van der Waals surface area contributed by atoms with E-state index in [-0.39, 0.29) is 24.4 Å².